The van der Waals surface area contributed by atoms with Gasteiger partial charge in [-0.2, -0.15) is 0 Å². The van der Waals surface area contributed by atoms with Crippen molar-refractivity contribution in [3.63, 3.8) is 0 Å². The predicted molar refractivity (Wildman–Crippen MR) is 64.0 cm³/mol. The number of aliphatic carboxylic acids is 1. The molecule has 0 spiro atoms. The Morgan fingerprint density at radius 3 is 2.68 bits per heavy atom. The molecule has 0 saturated heterocycles. The highest BCUT2D eigenvalue weighted by atomic mass is 16.4. The van der Waals surface area contributed by atoms with Crippen molar-refractivity contribution in [1.29, 1.82) is 0 Å². The number of amides is 1. The summed E-state index contributed by atoms with van der Waals surface area (Å²) in [6.07, 6.45) is 5.05. The zero-order valence-corrected chi connectivity index (χ0v) is 10.6. The summed E-state index contributed by atoms with van der Waals surface area (Å²) in [5.41, 5.74) is -1.05. The van der Waals surface area contributed by atoms with Gasteiger partial charge in [-0.25, -0.2) is 9.48 Å². The number of carboxylic acids is 1. The lowest BCUT2D eigenvalue weighted by molar-refractivity contribution is -0.147. The van der Waals surface area contributed by atoms with Crippen molar-refractivity contribution >= 4 is 11.9 Å². The van der Waals surface area contributed by atoms with Crippen molar-refractivity contribution in [2.24, 2.45) is 0 Å². The molecule has 2 N–H and O–H groups in total. The largest absolute Gasteiger partial charge is 0.480 e. The van der Waals surface area contributed by atoms with Crippen LogP contribution in [0.3, 0.4) is 0 Å². The van der Waals surface area contributed by atoms with Gasteiger partial charge in [0.1, 0.15) is 11.9 Å². The van der Waals surface area contributed by atoms with Crippen LogP contribution in [0.1, 0.15) is 38.5 Å². The Hall–Kier alpha value is -1.99. The fourth-order valence-corrected chi connectivity index (χ4v) is 2.38. The van der Waals surface area contributed by atoms with Crippen LogP contribution in [-0.2, 0) is 16.1 Å². The molecule has 1 aromatic rings. The number of carbonyl (C=O) groups excluding carboxylic acids is 1. The minimum Gasteiger partial charge on any atom is -0.480 e. The molecular weight excluding hydrogens is 250 g/mol. The van der Waals surface area contributed by atoms with Crippen molar-refractivity contribution in [2.45, 2.75) is 50.6 Å². The molecule has 8 nitrogen and oxygen atoms in total. The highest BCUT2D eigenvalue weighted by Crippen LogP contribution is 2.30. The van der Waals surface area contributed by atoms with Gasteiger partial charge >= 0.3 is 5.97 Å². The monoisotopic (exact) mass is 267 g/mol. The fourth-order valence-electron chi connectivity index (χ4n) is 2.38. The third-order valence-corrected chi connectivity index (χ3v) is 3.43. The number of aryl methyl sites for hydroxylation is 1. The maximum Gasteiger partial charge on any atom is 0.329 e. The van der Waals surface area contributed by atoms with Gasteiger partial charge in [0.25, 0.3) is 0 Å². The Bertz CT molecular complexity index is 439. The second-order valence-electron chi connectivity index (χ2n) is 4.82. The average Bonchev–Trinajstić information content (AvgIpc) is 3.00. The lowest BCUT2D eigenvalue weighted by atomic mass is 9.97. The summed E-state index contributed by atoms with van der Waals surface area (Å²) >= 11 is 0. The normalized spacial score (nSPS) is 17.3. The van der Waals surface area contributed by atoms with Gasteiger partial charge in [0.2, 0.25) is 5.91 Å². The quantitative estimate of drug-likeness (QED) is 0.748. The SMILES string of the molecule is O=C(CCCn1cnnn1)NC1(C(=O)O)CCCC1. The zero-order valence-electron chi connectivity index (χ0n) is 10.6. The van der Waals surface area contributed by atoms with Crippen molar-refractivity contribution in [3.05, 3.63) is 6.33 Å². The smallest absolute Gasteiger partial charge is 0.329 e. The molecule has 1 heterocycles. The van der Waals surface area contributed by atoms with Crippen LogP contribution in [-0.4, -0.2) is 42.7 Å². The van der Waals surface area contributed by atoms with Crippen LogP contribution < -0.4 is 5.32 Å². The van der Waals surface area contributed by atoms with Gasteiger partial charge in [-0.1, -0.05) is 12.8 Å². The summed E-state index contributed by atoms with van der Waals surface area (Å²) < 4.78 is 1.54. The van der Waals surface area contributed by atoms with Crippen LogP contribution in [0.2, 0.25) is 0 Å². The lowest BCUT2D eigenvalue weighted by Gasteiger charge is -2.25. The van der Waals surface area contributed by atoms with E-state index in [4.69, 9.17) is 0 Å². The number of nitrogens with zero attached hydrogens (tertiary/aromatic N) is 4. The Labute approximate surface area is 110 Å². The summed E-state index contributed by atoms with van der Waals surface area (Å²) in [6.45, 7) is 0.542. The Kier molecular flexibility index (Phi) is 4.08. The van der Waals surface area contributed by atoms with E-state index in [0.717, 1.165) is 12.8 Å². The summed E-state index contributed by atoms with van der Waals surface area (Å²) in [4.78, 5) is 23.1. The van der Waals surface area contributed by atoms with Crippen LogP contribution in [0.15, 0.2) is 6.33 Å². The maximum atomic E-state index is 11.8. The molecule has 2 rings (SSSR count). The van der Waals surface area contributed by atoms with Crippen LogP contribution in [0.25, 0.3) is 0 Å². The second kappa shape index (κ2) is 5.77. The molecule has 1 amide bonds. The fraction of sp³-hybridized carbons (Fsp3) is 0.727. The molecule has 0 aliphatic heterocycles. The third kappa shape index (κ3) is 3.27. The van der Waals surface area contributed by atoms with Crippen LogP contribution in [0, 0.1) is 0 Å². The molecular formula is C11H17N5O3. The standard InChI is InChI=1S/C11H17N5O3/c17-9(4-3-7-16-8-12-14-15-16)13-11(10(18)19)5-1-2-6-11/h8H,1-7H2,(H,13,17)(H,18,19). The number of aromatic nitrogens is 4. The number of carbonyl (C=O) groups is 2. The molecule has 1 aliphatic rings. The van der Waals surface area contributed by atoms with E-state index >= 15 is 0 Å². The Morgan fingerprint density at radius 1 is 1.37 bits per heavy atom. The molecule has 104 valence electrons. The summed E-state index contributed by atoms with van der Waals surface area (Å²) in [6, 6.07) is 0. The molecule has 0 bridgehead atoms. The first-order valence-corrected chi connectivity index (χ1v) is 6.38. The minimum atomic E-state index is -1.05. The Balaban J connectivity index is 1.78. The van der Waals surface area contributed by atoms with Crippen molar-refractivity contribution in [2.75, 3.05) is 0 Å². The first-order valence-electron chi connectivity index (χ1n) is 6.38. The molecule has 8 heteroatoms. The van der Waals surface area contributed by atoms with E-state index in [1.165, 1.54) is 11.0 Å². The summed E-state index contributed by atoms with van der Waals surface area (Å²) in [7, 11) is 0. The number of carboxylic acid groups (broad SMARTS) is 1. The molecule has 1 aromatic heterocycles. The van der Waals surface area contributed by atoms with Crippen LogP contribution in [0.5, 0.6) is 0 Å². The van der Waals surface area contributed by atoms with E-state index in [-0.39, 0.29) is 12.3 Å². The van der Waals surface area contributed by atoms with Gasteiger partial charge < -0.3 is 10.4 Å². The molecule has 0 aromatic carbocycles. The first kappa shape index (κ1) is 13.4. The maximum absolute atomic E-state index is 11.8. The number of tetrazole rings is 1. The minimum absolute atomic E-state index is 0.225. The van der Waals surface area contributed by atoms with Gasteiger partial charge in [0.15, 0.2) is 0 Å². The topological polar surface area (TPSA) is 110 Å². The van der Waals surface area contributed by atoms with E-state index in [0.29, 0.717) is 25.8 Å². The van der Waals surface area contributed by atoms with Crippen LogP contribution in [0.4, 0.5) is 0 Å². The van der Waals surface area contributed by atoms with E-state index < -0.39 is 11.5 Å². The molecule has 1 fully saturated rings. The van der Waals surface area contributed by atoms with Crippen LogP contribution >= 0.6 is 0 Å². The van der Waals surface area contributed by atoms with Gasteiger partial charge in [0.05, 0.1) is 0 Å². The predicted octanol–water partition coefficient (Wildman–Crippen LogP) is -0.0331. The van der Waals surface area contributed by atoms with E-state index in [1.807, 2.05) is 0 Å². The molecule has 0 atom stereocenters. The second-order valence-corrected chi connectivity index (χ2v) is 4.82. The van der Waals surface area contributed by atoms with E-state index in [9.17, 15) is 14.7 Å². The van der Waals surface area contributed by atoms with Gasteiger partial charge in [0, 0.05) is 13.0 Å². The summed E-state index contributed by atoms with van der Waals surface area (Å²) in [5.74, 6) is -1.16. The van der Waals surface area contributed by atoms with Crippen molar-refractivity contribution in [1.82, 2.24) is 25.5 Å². The highest BCUT2D eigenvalue weighted by molar-refractivity contribution is 5.87. The van der Waals surface area contributed by atoms with Gasteiger partial charge in [-0.15, -0.1) is 5.10 Å². The van der Waals surface area contributed by atoms with Crippen molar-refractivity contribution in [3.8, 4) is 0 Å². The zero-order chi connectivity index (χ0) is 13.7. The number of rotatable bonds is 6. The molecule has 1 aliphatic carbocycles. The highest BCUT2D eigenvalue weighted by Gasteiger charge is 2.42. The van der Waals surface area contributed by atoms with Crippen molar-refractivity contribution < 1.29 is 14.7 Å². The lowest BCUT2D eigenvalue weighted by Crippen LogP contribution is -2.52. The number of hydrogen-bond donors (Lipinski definition) is 2. The third-order valence-electron chi connectivity index (χ3n) is 3.43. The summed E-state index contributed by atoms with van der Waals surface area (Å²) in [5, 5.41) is 22.6. The number of nitrogens with one attached hydrogen (secondary N) is 1. The van der Waals surface area contributed by atoms with Gasteiger partial charge in [-0.05, 0) is 29.7 Å². The Morgan fingerprint density at radius 2 is 2.11 bits per heavy atom. The average molecular weight is 267 g/mol. The first-order chi connectivity index (χ1) is 9.12. The molecule has 0 unspecified atom stereocenters. The van der Waals surface area contributed by atoms with E-state index in [2.05, 4.69) is 20.8 Å². The molecule has 19 heavy (non-hydrogen) atoms. The van der Waals surface area contributed by atoms with Gasteiger partial charge in [-0.3, -0.25) is 4.79 Å². The number of hydrogen-bond acceptors (Lipinski definition) is 5. The molecule has 1 saturated carbocycles. The van der Waals surface area contributed by atoms with E-state index in [1.54, 1.807) is 0 Å². The molecule has 0 radical (unpaired) electrons.